The van der Waals surface area contributed by atoms with Gasteiger partial charge in [-0.25, -0.2) is 0 Å². The summed E-state index contributed by atoms with van der Waals surface area (Å²) in [6.07, 6.45) is 7.21. The van der Waals surface area contributed by atoms with E-state index >= 15 is 0 Å². The average molecular weight is 330 g/mol. The van der Waals surface area contributed by atoms with Gasteiger partial charge in [0.25, 0.3) is 0 Å². The van der Waals surface area contributed by atoms with Crippen LogP contribution in [0.5, 0.6) is 17.2 Å². The van der Waals surface area contributed by atoms with Crippen molar-refractivity contribution in [3.8, 4) is 17.2 Å². The van der Waals surface area contributed by atoms with Crippen LogP contribution in [0.4, 0.5) is 0 Å². The van der Waals surface area contributed by atoms with Crippen LogP contribution in [-0.2, 0) is 6.42 Å². The van der Waals surface area contributed by atoms with Gasteiger partial charge in [0, 0.05) is 11.5 Å². The second kappa shape index (κ2) is 5.96. The summed E-state index contributed by atoms with van der Waals surface area (Å²) in [6.45, 7) is 4.14. The first-order chi connectivity index (χ1) is 11.4. The molecular weight excluding hydrogens is 308 g/mol. The fourth-order valence-electron chi connectivity index (χ4n) is 3.83. The fraction of sp³-hybridized carbons (Fsp3) is 0.474. The Hall–Kier alpha value is -2.30. The molecule has 0 spiro atoms. The zero-order chi connectivity index (χ0) is 17.5. The Labute approximate surface area is 140 Å². The summed E-state index contributed by atoms with van der Waals surface area (Å²) < 4.78 is 6.18. The molecule has 1 aromatic carbocycles. The summed E-state index contributed by atoms with van der Waals surface area (Å²) >= 11 is 0. The minimum absolute atomic E-state index is 0.0571. The van der Waals surface area contributed by atoms with E-state index in [0.717, 1.165) is 19.3 Å². The van der Waals surface area contributed by atoms with Gasteiger partial charge in [-0.2, -0.15) is 0 Å². The molecule has 0 radical (unpaired) electrons. The lowest BCUT2D eigenvalue weighted by atomic mass is 9.74. The molecule has 5 heteroatoms. The molecule has 5 nitrogen and oxygen atoms in total. The third-order valence-corrected chi connectivity index (χ3v) is 5.51. The Balaban J connectivity index is 2.04. The van der Waals surface area contributed by atoms with Crippen LogP contribution in [0.3, 0.4) is 0 Å². The van der Waals surface area contributed by atoms with E-state index in [2.05, 4.69) is 13.0 Å². The molecule has 1 aliphatic carbocycles. The predicted molar refractivity (Wildman–Crippen MR) is 89.0 cm³/mol. The average Bonchev–Trinajstić information content (AvgIpc) is 2.56. The number of phenols is 2. The topological polar surface area (TPSA) is 83.8 Å². The van der Waals surface area contributed by atoms with E-state index in [1.807, 2.05) is 6.92 Å². The lowest BCUT2D eigenvalue weighted by molar-refractivity contribution is 0.000292. The number of carbonyl (C=O) groups excluding carboxylic acids is 2. The number of phenolic OH excluding ortho intramolecular Hbond substituents is 2. The van der Waals surface area contributed by atoms with Crippen molar-refractivity contribution in [3.63, 3.8) is 0 Å². The van der Waals surface area contributed by atoms with Crippen molar-refractivity contribution in [2.45, 2.75) is 51.6 Å². The molecule has 24 heavy (non-hydrogen) atoms. The zero-order valence-corrected chi connectivity index (χ0v) is 14.0. The van der Waals surface area contributed by atoms with Crippen molar-refractivity contribution >= 4 is 12.6 Å². The molecule has 2 atom stereocenters. The number of aldehydes is 2. The summed E-state index contributed by atoms with van der Waals surface area (Å²) in [5.41, 5.74) is 1.03. The fourth-order valence-corrected chi connectivity index (χ4v) is 3.83. The van der Waals surface area contributed by atoms with Crippen LogP contribution >= 0.6 is 0 Å². The number of hydrogen-bond donors (Lipinski definition) is 2. The second-order valence-electron chi connectivity index (χ2n) is 7.00. The highest BCUT2D eigenvalue weighted by atomic mass is 16.5. The van der Waals surface area contributed by atoms with Crippen LogP contribution in [0.2, 0.25) is 0 Å². The van der Waals surface area contributed by atoms with Gasteiger partial charge in [0.2, 0.25) is 0 Å². The van der Waals surface area contributed by atoms with E-state index in [9.17, 15) is 19.8 Å². The first-order valence-corrected chi connectivity index (χ1v) is 8.27. The number of benzene rings is 1. The number of rotatable bonds is 3. The largest absolute Gasteiger partial charge is 0.507 e. The van der Waals surface area contributed by atoms with Crippen LogP contribution in [0.1, 0.15) is 65.8 Å². The molecule has 1 aliphatic heterocycles. The van der Waals surface area contributed by atoms with Gasteiger partial charge in [0.05, 0.1) is 11.1 Å². The van der Waals surface area contributed by atoms with E-state index < -0.39 is 11.4 Å². The molecule has 0 fully saturated rings. The van der Waals surface area contributed by atoms with Crippen LogP contribution in [0.25, 0.3) is 0 Å². The number of allylic oxidation sites excluding steroid dienone is 2. The molecule has 128 valence electrons. The molecule has 3 rings (SSSR count). The van der Waals surface area contributed by atoms with E-state index in [0.29, 0.717) is 36.9 Å². The molecule has 1 aromatic rings. The maximum atomic E-state index is 11.5. The van der Waals surface area contributed by atoms with Crippen LogP contribution < -0.4 is 4.74 Å². The van der Waals surface area contributed by atoms with Gasteiger partial charge in [0.15, 0.2) is 12.6 Å². The van der Waals surface area contributed by atoms with Crippen molar-refractivity contribution in [2.75, 3.05) is 0 Å². The second-order valence-corrected chi connectivity index (χ2v) is 7.00. The van der Waals surface area contributed by atoms with E-state index in [1.165, 1.54) is 5.57 Å². The Morgan fingerprint density at radius 1 is 1.17 bits per heavy atom. The number of aromatic hydroxyl groups is 2. The molecule has 0 saturated carbocycles. The molecule has 0 amide bonds. The van der Waals surface area contributed by atoms with Gasteiger partial charge < -0.3 is 14.9 Å². The van der Waals surface area contributed by atoms with Crippen molar-refractivity contribution in [1.82, 2.24) is 0 Å². The molecule has 0 aromatic heterocycles. The SMILES string of the molecule is CC1=CC[C@@H]([C@@]2(C)CCc3c(O)c(C=O)c(O)c(C=O)c3O2)CC1. The Morgan fingerprint density at radius 2 is 1.88 bits per heavy atom. The third kappa shape index (κ3) is 2.48. The first kappa shape index (κ1) is 16.6. The van der Waals surface area contributed by atoms with Crippen molar-refractivity contribution < 1.29 is 24.5 Å². The molecule has 0 saturated heterocycles. The highest BCUT2D eigenvalue weighted by Crippen LogP contribution is 2.49. The van der Waals surface area contributed by atoms with Crippen LogP contribution in [-0.4, -0.2) is 28.4 Å². The molecule has 0 unspecified atom stereocenters. The summed E-state index contributed by atoms with van der Waals surface area (Å²) in [5, 5.41) is 20.4. The molecule has 2 aliphatic rings. The standard InChI is InChI=1S/C19H22O5/c1-11-3-5-12(6-4-11)19(2)8-7-13-16(22)14(9-20)17(23)15(10-21)18(13)24-19/h3,9-10,12,22-23H,4-8H2,1-2H3/t12-,19-/m1/s1. The van der Waals surface area contributed by atoms with Crippen molar-refractivity contribution in [3.05, 3.63) is 28.3 Å². The Kier molecular flexibility index (Phi) is 4.11. The van der Waals surface area contributed by atoms with Gasteiger partial charge in [-0.3, -0.25) is 9.59 Å². The van der Waals surface area contributed by atoms with E-state index in [4.69, 9.17) is 4.74 Å². The van der Waals surface area contributed by atoms with Crippen LogP contribution in [0, 0.1) is 5.92 Å². The normalized spacial score (nSPS) is 26.1. The summed E-state index contributed by atoms with van der Waals surface area (Å²) in [5.74, 6) is -0.279. The zero-order valence-electron chi connectivity index (χ0n) is 14.0. The van der Waals surface area contributed by atoms with Gasteiger partial charge in [0.1, 0.15) is 22.8 Å². The van der Waals surface area contributed by atoms with Crippen molar-refractivity contribution in [1.29, 1.82) is 0 Å². The van der Waals surface area contributed by atoms with Gasteiger partial charge in [-0.1, -0.05) is 11.6 Å². The lowest BCUT2D eigenvalue weighted by Gasteiger charge is -2.43. The number of fused-ring (bicyclic) bond motifs is 1. The summed E-state index contributed by atoms with van der Waals surface area (Å²) in [4.78, 5) is 22.6. The molecule has 0 bridgehead atoms. The minimum Gasteiger partial charge on any atom is -0.507 e. The number of carbonyl (C=O) groups is 2. The Morgan fingerprint density at radius 3 is 2.46 bits per heavy atom. The minimum atomic E-state index is -0.514. The van der Waals surface area contributed by atoms with E-state index in [1.54, 1.807) is 0 Å². The third-order valence-electron chi connectivity index (χ3n) is 5.51. The highest BCUT2D eigenvalue weighted by molar-refractivity contribution is 5.95. The maximum Gasteiger partial charge on any atom is 0.157 e. The van der Waals surface area contributed by atoms with Gasteiger partial charge in [-0.05, 0) is 46.0 Å². The number of hydrogen-bond acceptors (Lipinski definition) is 5. The Bertz CT molecular complexity index is 734. The van der Waals surface area contributed by atoms with Crippen LogP contribution in [0.15, 0.2) is 11.6 Å². The molecule has 2 N–H and O–H groups in total. The van der Waals surface area contributed by atoms with E-state index in [-0.39, 0.29) is 22.6 Å². The van der Waals surface area contributed by atoms with Crippen molar-refractivity contribution in [2.24, 2.45) is 5.92 Å². The highest BCUT2D eigenvalue weighted by Gasteiger charge is 2.42. The first-order valence-electron chi connectivity index (χ1n) is 8.27. The number of ether oxygens (including phenoxy) is 1. The van der Waals surface area contributed by atoms with Gasteiger partial charge in [-0.15, -0.1) is 0 Å². The molecular formula is C19H22O5. The predicted octanol–water partition coefficient (Wildman–Crippen LogP) is 3.55. The maximum absolute atomic E-state index is 11.5. The summed E-state index contributed by atoms with van der Waals surface area (Å²) in [7, 11) is 0. The quantitative estimate of drug-likeness (QED) is 0.654. The smallest absolute Gasteiger partial charge is 0.157 e. The summed E-state index contributed by atoms with van der Waals surface area (Å²) in [6, 6.07) is 0. The van der Waals surface area contributed by atoms with Gasteiger partial charge >= 0.3 is 0 Å². The molecule has 1 heterocycles. The monoisotopic (exact) mass is 330 g/mol. The lowest BCUT2D eigenvalue weighted by Crippen LogP contribution is -2.44.